The lowest BCUT2D eigenvalue weighted by Crippen LogP contribution is -2.53. The van der Waals surface area contributed by atoms with Crippen LogP contribution in [0, 0.1) is 5.92 Å². The third kappa shape index (κ3) is 4.18. The lowest BCUT2D eigenvalue weighted by Gasteiger charge is -2.47. The van der Waals surface area contributed by atoms with Crippen LogP contribution in [-0.4, -0.2) is 26.1 Å². The molecule has 1 atom stereocenters. The fourth-order valence-electron chi connectivity index (χ4n) is 6.72. The predicted octanol–water partition coefficient (Wildman–Crippen LogP) is 6.38. The minimum Gasteiger partial charge on any atom is -0.325 e. The molecule has 2 heterocycles. The summed E-state index contributed by atoms with van der Waals surface area (Å²) < 4.78 is 2.24. The molecule has 5 heteroatoms. The van der Waals surface area contributed by atoms with E-state index in [-0.39, 0.29) is 5.54 Å². The average molecular weight is 453 g/mol. The zero-order valence-electron chi connectivity index (χ0n) is 19.7. The van der Waals surface area contributed by atoms with Crippen molar-refractivity contribution in [2.45, 2.75) is 107 Å². The highest BCUT2D eigenvalue weighted by Gasteiger charge is 2.42. The molecule has 32 heavy (non-hydrogen) atoms. The number of hydrogen-bond donors (Lipinski definition) is 1. The fourth-order valence-corrected chi connectivity index (χ4v) is 6.93. The number of nitrogens with two attached hydrogens (primary N) is 1. The van der Waals surface area contributed by atoms with Gasteiger partial charge in [0.25, 0.3) is 0 Å². The molecule has 0 spiro atoms. The Labute approximate surface area is 196 Å². The van der Waals surface area contributed by atoms with Gasteiger partial charge < -0.3 is 5.73 Å². The number of imidazole rings is 1. The Balaban J connectivity index is 1.49. The lowest BCUT2D eigenvalue weighted by molar-refractivity contribution is 0.112. The van der Waals surface area contributed by atoms with Crippen molar-refractivity contribution in [3.05, 3.63) is 35.4 Å². The average Bonchev–Trinajstić information content (AvgIpc) is 3.17. The van der Waals surface area contributed by atoms with Gasteiger partial charge in [-0.3, -0.25) is 4.40 Å². The highest BCUT2D eigenvalue weighted by molar-refractivity contribution is 7.16. The van der Waals surface area contributed by atoms with Gasteiger partial charge in [-0.25, -0.2) is 9.97 Å². The molecule has 1 unspecified atom stereocenters. The van der Waals surface area contributed by atoms with E-state index in [2.05, 4.69) is 26.4 Å². The van der Waals surface area contributed by atoms with E-state index < -0.39 is 0 Å². The van der Waals surface area contributed by atoms with E-state index in [1.807, 2.05) is 6.08 Å². The summed E-state index contributed by atoms with van der Waals surface area (Å²) in [4.78, 5) is 10.3. The van der Waals surface area contributed by atoms with Crippen molar-refractivity contribution < 1.29 is 0 Å². The van der Waals surface area contributed by atoms with Crippen LogP contribution in [0.25, 0.3) is 11.9 Å². The molecule has 174 valence electrons. The van der Waals surface area contributed by atoms with Crippen LogP contribution in [0.5, 0.6) is 0 Å². The Hall–Kier alpha value is -1.25. The minimum atomic E-state index is 0.142. The van der Waals surface area contributed by atoms with E-state index >= 15 is 0 Å². The van der Waals surface area contributed by atoms with Crippen LogP contribution in [0.15, 0.2) is 12.8 Å². The molecule has 2 aromatic heterocycles. The van der Waals surface area contributed by atoms with Crippen LogP contribution >= 0.6 is 9.24 Å². The molecule has 2 aromatic rings. The molecule has 3 saturated carbocycles. The Kier molecular flexibility index (Phi) is 6.72. The summed E-state index contributed by atoms with van der Waals surface area (Å²) in [7, 11) is 2.83. The summed E-state index contributed by atoms with van der Waals surface area (Å²) >= 11 is 0. The molecule has 0 bridgehead atoms. The van der Waals surface area contributed by atoms with Gasteiger partial charge in [0.15, 0.2) is 0 Å². The second-order valence-corrected chi connectivity index (χ2v) is 11.3. The van der Waals surface area contributed by atoms with Gasteiger partial charge in [0.2, 0.25) is 5.78 Å². The Bertz CT molecular complexity index is 946. The summed E-state index contributed by atoms with van der Waals surface area (Å²) in [6.07, 6.45) is 23.1. The smallest absolute Gasteiger partial charge is 0.234 e. The molecule has 4 nitrogen and oxygen atoms in total. The standard InChI is InChI=1S/C27H41N4P/c1-2-24-23(10-6-17-32)29-26-30-25(22(18-31(24)26)19-8-4-3-5-9-19)20-11-13-21(14-12-20)27(28)15-7-16-27/h2,18-21H,1,3-17,28,32H2. The molecule has 0 saturated heterocycles. The van der Waals surface area contributed by atoms with Crippen molar-refractivity contribution in [3.8, 4) is 0 Å². The maximum Gasteiger partial charge on any atom is 0.234 e. The molecule has 0 aliphatic heterocycles. The van der Waals surface area contributed by atoms with Crippen LogP contribution < -0.4 is 5.73 Å². The van der Waals surface area contributed by atoms with Crippen molar-refractivity contribution in [3.63, 3.8) is 0 Å². The molecule has 5 rings (SSSR count). The maximum atomic E-state index is 6.72. The summed E-state index contributed by atoms with van der Waals surface area (Å²) in [5, 5.41) is 0. The molecular formula is C27H41N4P. The third-order valence-corrected chi connectivity index (χ3v) is 9.27. The Morgan fingerprint density at radius 2 is 1.78 bits per heavy atom. The first-order chi connectivity index (χ1) is 15.6. The molecular weight excluding hydrogens is 411 g/mol. The highest BCUT2D eigenvalue weighted by Crippen LogP contribution is 2.47. The van der Waals surface area contributed by atoms with E-state index in [0.29, 0.717) is 17.8 Å². The number of rotatable bonds is 7. The zero-order chi connectivity index (χ0) is 22.1. The molecule has 0 radical (unpaired) electrons. The summed E-state index contributed by atoms with van der Waals surface area (Å²) in [5.74, 6) is 2.81. The Morgan fingerprint density at radius 1 is 1.03 bits per heavy atom. The molecule has 3 aliphatic rings. The first-order valence-corrected chi connectivity index (χ1v) is 14.0. The maximum absolute atomic E-state index is 6.72. The van der Waals surface area contributed by atoms with Crippen LogP contribution in [-0.2, 0) is 6.42 Å². The minimum absolute atomic E-state index is 0.142. The van der Waals surface area contributed by atoms with E-state index in [0.717, 1.165) is 36.2 Å². The quantitative estimate of drug-likeness (QED) is 0.496. The molecule has 3 fully saturated rings. The van der Waals surface area contributed by atoms with Crippen LogP contribution in [0.2, 0.25) is 0 Å². The van der Waals surface area contributed by atoms with Crippen molar-refractivity contribution in [2.75, 3.05) is 6.16 Å². The van der Waals surface area contributed by atoms with Crippen molar-refractivity contribution in [1.29, 1.82) is 0 Å². The normalized spacial score (nSPS) is 26.2. The van der Waals surface area contributed by atoms with E-state index in [1.165, 1.54) is 88.3 Å². The summed E-state index contributed by atoms with van der Waals surface area (Å²) in [5.41, 5.74) is 12.0. The van der Waals surface area contributed by atoms with Crippen LogP contribution in [0.1, 0.15) is 118 Å². The van der Waals surface area contributed by atoms with Gasteiger partial charge in [0, 0.05) is 17.7 Å². The monoisotopic (exact) mass is 452 g/mol. The zero-order valence-corrected chi connectivity index (χ0v) is 20.9. The Morgan fingerprint density at radius 3 is 2.41 bits per heavy atom. The number of fused-ring (bicyclic) bond motifs is 1. The van der Waals surface area contributed by atoms with Crippen molar-refractivity contribution in [2.24, 2.45) is 11.7 Å². The molecule has 3 aliphatic carbocycles. The van der Waals surface area contributed by atoms with Gasteiger partial charge in [-0.05, 0) is 100 Å². The van der Waals surface area contributed by atoms with Gasteiger partial charge in [-0.1, -0.05) is 25.8 Å². The number of hydrogen-bond acceptors (Lipinski definition) is 3. The lowest BCUT2D eigenvalue weighted by atomic mass is 9.62. The topological polar surface area (TPSA) is 56.2 Å². The summed E-state index contributed by atoms with van der Waals surface area (Å²) in [6.45, 7) is 4.12. The third-order valence-electron chi connectivity index (χ3n) is 8.86. The van der Waals surface area contributed by atoms with Gasteiger partial charge in [-0.15, -0.1) is 9.24 Å². The predicted molar refractivity (Wildman–Crippen MR) is 137 cm³/mol. The van der Waals surface area contributed by atoms with Crippen LogP contribution in [0.4, 0.5) is 0 Å². The highest BCUT2D eigenvalue weighted by atomic mass is 31.0. The van der Waals surface area contributed by atoms with E-state index in [9.17, 15) is 0 Å². The SMILES string of the molecule is C=Cc1c(CCCP)nc2nc(C3CCC(C4(N)CCC4)CC3)c(C3CCCCC3)cn12. The molecule has 0 amide bonds. The first kappa shape index (κ1) is 22.5. The number of aromatic nitrogens is 3. The van der Waals surface area contributed by atoms with Gasteiger partial charge in [0.05, 0.1) is 17.1 Å². The second-order valence-electron chi connectivity index (χ2n) is 10.8. The molecule has 0 aromatic carbocycles. The number of aryl methyl sites for hydroxylation is 1. The summed E-state index contributed by atoms with van der Waals surface area (Å²) in [6, 6.07) is 0. The van der Waals surface area contributed by atoms with Gasteiger partial charge in [0.1, 0.15) is 0 Å². The largest absolute Gasteiger partial charge is 0.325 e. The van der Waals surface area contributed by atoms with Crippen molar-refractivity contribution >= 4 is 21.1 Å². The second kappa shape index (κ2) is 9.55. The number of nitrogens with zero attached hydrogens (tertiary/aromatic N) is 3. The van der Waals surface area contributed by atoms with Crippen molar-refractivity contribution in [1.82, 2.24) is 14.4 Å². The van der Waals surface area contributed by atoms with Gasteiger partial charge >= 0.3 is 0 Å². The fraction of sp³-hybridized carbons (Fsp3) is 0.704. The van der Waals surface area contributed by atoms with E-state index in [1.54, 1.807) is 0 Å². The molecule has 2 N–H and O–H groups in total. The van der Waals surface area contributed by atoms with Crippen LogP contribution in [0.3, 0.4) is 0 Å². The van der Waals surface area contributed by atoms with Gasteiger partial charge in [-0.2, -0.15) is 0 Å². The van der Waals surface area contributed by atoms with E-state index in [4.69, 9.17) is 15.7 Å². The first-order valence-electron chi connectivity index (χ1n) is 13.2.